The molecule has 0 amide bonds. The first-order valence-electron chi connectivity index (χ1n) is 16.4. The van der Waals surface area contributed by atoms with Gasteiger partial charge >= 0.3 is 5.84 Å². The van der Waals surface area contributed by atoms with Crippen LogP contribution in [-0.2, 0) is 0 Å². The zero-order valence-corrected chi connectivity index (χ0v) is 26.6. The van der Waals surface area contributed by atoms with Crippen LogP contribution in [0.2, 0.25) is 0 Å². The highest BCUT2D eigenvalue weighted by atomic mass is 16.4. The van der Waals surface area contributed by atoms with E-state index in [9.17, 15) is 0 Å². The second-order valence-corrected chi connectivity index (χ2v) is 12.2. The largest absolute Gasteiger partial charge is 0.423 e. The molecule has 0 fully saturated rings. The van der Waals surface area contributed by atoms with Crippen molar-refractivity contribution in [1.82, 2.24) is 29.3 Å². The standard InChI is InChI=1S/C43H26N6O/c1-4-13-27(14-5-1)37-39-38(33-21-10-11-22-34(33)44-37)45-43-49(39)35-26-31(23-24-36(35)50-43)30-19-12-20-32(25-30)42-47-40(28-15-6-2-7-16-28)46-41(48-42)29-17-8-3-9-18-29/h1-26H. The lowest BCUT2D eigenvalue weighted by atomic mass is 10.0. The highest BCUT2D eigenvalue weighted by Crippen LogP contribution is 2.37. The Bertz CT molecular complexity index is 2810. The van der Waals surface area contributed by atoms with E-state index in [4.69, 9.17) is 29.3 Å². The summed E-state index contributed by atoms with van der Waals surface area (Å²) in [5, 5.41) is 0.986. The molecule has 0 unspecified atom stereocenters. The Morgan fingerprint density at radius 2 is 0.980 bits per heavy atom. The Morgan fingerprint density at radius 3 is 1.68 bits per heavy atom. The van der Waals surface area contributed by atoms with Gasteiger partial charge in [0.2, 0.25) is 0 Å². The van der Waals surface area contributed by atoms with Gasteiger partial charge in [-0.1, -0.05) is 133 Å². The summed E-state index contributed by atoms with van der Waals surface area (Å²) < 4.78 is 8.47. The van der Waals surface area contributed by atoms with Crippen LogP contribution in [0.1, 0.15) is 0 Å². The predicted molar refractivity (Wildman–Crippen MR) is 198 cm³/mol. The second kappa shape index (κ2) is 11.3. The van der Waals surface area contributed by atoms with Crippen molar-refractivity contribution in [1.29, 1.82) is 0 Å². The first-order valence-corrected chi connectivity index (χ1v) is 16.4. The van der Waals surface area contributed by atoms with Crippen LogP contribution in [0.15, 0.2) is 162 Å². The minimum atomic E-state index is 0.531. The van der Waals surface area contributed by atoms with Gasteiger partial charge in [-0.15, -0.1) is 0 Å². The quantitative estimate of drug-likeness (QED) is 0.186. The fraction of sp³-hybridized carbons (Fsp3) is 0. The van der Waals surface area contributed by atoms with Crippen molar-refractivity contribution in [2.24, 2.45) is 0 Å². The molecule has 50 heavy (non-hydrogen) atoms. The number of aromatic nitrogens is 6. The molecule has 4 aromatic heterocycles. The van der Waals surface area contributed by atoms with Gasteiger partial charge in [0.05, 0.1) is 16.7 Å². The minimum Gasteiger partial charge on any atom is -0.423 e. The summed E-state index contributed by atoms with van der Waals surface area (Å²) in [6, 6.07) is 53.0. The van der Waals surface area contributed by atoms with E-state index in [-0.39, 0.29) is 0 Å². The number of hydrogen-bond acceptors (Lipinski definition) is 6. The molecular weight excluding hydrogens is 617 g/mol. The average Bonchev–Trinajstić information content (AvgIpc) is 3.75. The van der Waals surface area contributed by atoms with Crippen LogP contribution in [-0.4, -0.2) is 29.3 Å². The van der Waals surface area contributed by atoms with E-state index in [1.165, 1.54) is 0 Å². The van der Waals surface area contributed by atoms with Crippen LogP contribution < -0.4 is 0 Å². The molecule has 10 aromatic rings. The van der Waals surface area contributed by atoms with Gasteiger partial charge in [0, 0.05) is 27.6 Å². The van der Waals surface area contributed by atoms with E-state index in [1.54, 1.807) is 0 Å². The average molecular weight is 643 g/mol. The molecule has 0 atom stereocenters. The fourth-order valence-electron chi connectivity index (χ4n) is 6.67. The first kappa shape index (κ1) is 28.1. The van der Waals surface area contributed by atoms with Gasteiger partial charge in [-0.05, 0) is 35.4 Å². The number of fused-ring (bicyclic) bond motifs is 7. The summed E-state index contributed by atoms with van der Waals surface area (Å²) in [6.45, 7) is 0. The number of hydrogen-bond donors (Lipinski definition) is 0. The van der Waals surface area contributed by atoms with E-state index in [0.717, 1.165) is 72.1 Å². The predicted octanol–water partition coefficient (Wildman–Crippen LogP) is 10.3. The number of pyridine rings is 1. The Morgan fingerprint density at radius 1 is 0.420 bits per heavy atom. The molecule has 0 saturated heterocycles. The molecule has 0 aliphatic heterocycles. The third-order valence-electron chi connectivity index (χ3n) is 9.06. The van der Waals surface area contributed by atoms with E-state index < -0.39 is 0 Å². The number of rotatable bonds is 5. The number of nitrogens with zero attached hydrogens (tertiary/aromatic N) is 6. The summed E-state index contributed by atoms with van der Waals surface area (Å²) in [6.07, 6.45) is 0. The lowest BCUT2D eigenvalue weighted by Gasteiger charge is -2.10. The molecule has 0 bridgehead atoms. The van der Waals surface area contributed by atoms with E-state index in [0.29, 0.717) is 23.3 Å². The smallest absolute Gasteiger partial charge is 0.307 e. The SMILES string of the molecule is c1ccc(-c2nc(-c3ccccc3)nc(-c3cccc(-c4ccc5oc6nc7c8ccccc8nc(-c8ccccc8)c7n6c5c4)c3)n2)cc1. The molecule has 6 aromatic carbocycles. The van der Waals surface area contributed by atoms with Crippen molar-refractivity contribution < 1.29 is 4.42 Å². The molecule has 0 radical (unpaired) electrons. The fourth-order valence-corrected chi connectivity index (χ4v) is 6.67. The summed E-state index contributed by atoms with van der Waals surface area (Å²) in [7, 11) is 0. The van der Waals surface area contributed by atoms with E-state index >= 15 is 0 Å². The van der Waals surface area contributed by atoms with Gasteiger partial charge in [-0.3, -0.25) is 4.40 Å². The van der Waals surface area contributed by atoms with Crippen LogP contribution in [0.5, 0.6) is 0 Å². The molecule has 0 saturated carbocycles. The molecule has 4 heterocycles. The van der Waals surface area contributed by atoms with Gasteiger partial charge in [0.25, 0.3) is 0 Å². The molecule has 234 valence electrons. The van der Waals surface area contributed by atoms with Crippen molar-refractivity contribution in [3.8, 4) is 56.5 Å². The van der Waals surface area contributed by atoms with Gasteiger partial charge in [-0.25, -0.2) is 19.9 Å². The Balaban J connectivity index is 1.15. The molecule has 7 nitrogen and oxygen atoms in total. The number of oxazole rings is 1. The van der Waals surface area contributed by atoms with E-state index in [1.807, 2.05) is 115 Å². The lowest BCUT2D eigenvalue weighted by Crippen LogP contribution is -2.00. The normalized spacial score (nSPS) is 11.6. The summed E-state index contributed by atoms with van der Waals surface area (Å²) in [5.41, 5.74) is 11.0. The summed E-state index contributed by atoms with van der Waals surface area (Å²) in [5.74, 6) is 2.40. The van der Waals surface area contributed by atoms with Crippen molar-refractivity contribution in [3.63, 3.8) is 0 Å². The monoisotopic (exact) mass is 642 g/mol. The third-order valence-corrected chi connectivity index (χ3v) is 9.06. The maximum Gasteiger partial charge on any atom is 0.307 e. The molecule has 0 spiro atoms. The summed E-state index contributed by atoms with van der Waals surface area (Å²) in [4.78, 5) is 24.9. The molecule has 0 N–H and O–H groups in total. The first-order chi connectivity index (χ1) is 24.8. The topological polar surface area (TPSA) is 82.0 Å². The van der Waals surface area contributed by atoms with Gasteiger partial charge in [0.15, 0.2) is 23.1 Å². The number of benzene rings is 6. The highest BCUT2D eigenvalue weighted by Gasteiger charge is 2.21. The Kier molecular flexibility index (Phi) is 6.35. The van der Waals surface area contributed by atoms with Gasteiger partial charge < -0.3 is 4.42 Å². The van der Waals surface area contributed by atoms with Crippen LogP contribution >= 0.6 is 0 Å². The van der Waals surface area contributed by atoms with Crippen LogP contribution in [0, 0.1) is 0 Å². The van der Waals surface area contributed by atoms with Crippen molar-refractivity contribution >= 4 is 38.9 Å². The summed E-state index contributed by atoms with van der Waals surface area (Å²) >= 11 is 0. The molecule has 7 heteroatoms. The zero-order valence-electron chi connectivity index (χ0n) is 26.6. The van der Waals surface area contributed by atoms with Gasteiger partial charge in [0.1, 0.15) is 11.0 Å². The van der Waals surface area contributed by atoms with Crippen molar-refractivity contribution in [3.05, 3.63) is 158 Å². The number of para-hydroxylation sites is 1. The zero-order chi connectivity index (χ0) is 33.0. The van der Waals surface area contributed by atoms with Crippen LogP contribution in [0.3, 0.4) is 0 Å². The van der Waals surface area contributed by atoms with Gasteiger partial charge in [-0.2, -0.15) is 4.98 Å². The molecule has 0 aliphatic rings. The molecule has 0 aliphatic carbocycles. The minimum absolute atomic E-state index is 0.531. The highest BCUT2D eigenvalue weighted by molar-refractivity contribution is 6.10. The lowest BCUT2D eigenvalue weighted by molar-refractivity contribution is 0.643. The maximum absolute atomic E-state index is 6.37. The maximum atomic E-state index is 6.37. The van der Waals surface area contributed by atoms with Crippen LogP contribution in [0.4, 0.5) is 0 Å². The van der Waals surface area contributed by atoms with Crippen molar-refractivity contribution in [2.45, 2.75) is 0 Å². The van der Waals surface area contributed by atoms with Crippen molar-refractivity contribution in [2.75, 3.05) is 0 Å². The molecular formula is C43H26N6O. The third kappa shape index (κ3) is 4.64. The Labute approximate surface area is 286 Å². The molecule has 10 rings (SSSR count). The second-order valence-electron chi connectivity index (χ2n) is 12.2. The Hall–Kier alpha value is -6.99. The van der Waals surface area contributed by atoms with Crippen LogP contribution in [0.25, 0.3) is 95.4 Å². The number of imidazole rings is 1. The van der Waals surface area contributed by atoms with E-state index in [2.05, 4.69) is 46.9 Å².